The second kappa shape index (κ2) is 9.04. The molecule has 2 aromatic carbocycles. The van der Waals surface area contributed by atoms with Crippen molar-refractivity contribution in [1.82, 2.24) is 5.32 Å². The summed E-state index contributed by atoms with van der Waals surface area (Å²) < 4.78 is 10.4. The Morgan fingerprint density at radius 1 is 1.00 bits per heavy atom. The minimum atomic E-state index is -0.400. The minimum absolute atomic E-state index is 0.362. The summed E-state index contributed by atoms with van der Waals surface area (Å²) in [6.07, 6.45) is 0.506. The van der Waals surface area contributed by atoms with Crippen LogP contribution in [0.2, 0.25) is 15.1 Å². The van der Waals surface area contributed by atoms with E-state index in [2.05, 4.69) is 10.6 Å². The summed E-state index contributed by atoms with van der Waals surface area (Å²) in [4.78, 5) is 12.1. The topological polar surface area (TPSA) is 59.6 Å². The van der Waals surface area contributed by atoms with E-state index >= 15 is 0 Å². The highest BCUT2D eigenvalue weighted by Gasteiger charge is 2.13. The molecule has 0 aliphatic carbocycles. The van der Waals surface area contributed by atoms with E-state index in [4.69, 9.17) is 44.3 Å². The zero-order valence-electron chi connectivity index (χ0n) is 13.7. The zero-order chi connectivity index (χ0) is 18.4. The number of carbonyl (C=O) groups excluding carboxylic acids is 1. The Balaban J connectivity index is 1.98. The molecule has 0 spiro atoms. The molecule has 2 rings (SSSR count). The lowest BCUT2D eigenvalue weighted by Crippen LogP contribution is -2.30. The first kappa shape index (κ1) is 19.5. The Morgan fingerprint density at radius 2 is 1.64 bits per heavy atom. The maximum absolute atomic E-state index is 12.1. The Bertz CT molecular complexity index is 749. The van der Waals surface area contributed by atoms with Crippen LogP contribution >= 0.6 is 34.8 Å². The van der Waals surface area contributed by atoms with Crippen molar-refractivity contribution in [3.05, 3.63) is 51.0 Å². The highest BCUT2D eigenvalue weighted by molar-refractivity contribution is 6.36. The molecular formula is C17H17Cl3N2O3. The van der Waals surface area contributed by atoms with Crippen LogP contribution in [-0.4, -0.2) is 26.8 Å². The largest absolute Gasteiger partial charge is 0.495 e. The average Bonchev–Trinajstić information content (AvgIpc) is 2.58. The maximum atomic E-state index is 12.1. The number of nitrogens with one attached hydrogen (secondary N) is 2. The lowest BCUT2D eigenvalue weighted by atomic mass is 10.1. The van der Waals surface area contributed by atoms with Gasteiger partial charge in [-0.25, -0.2) is 4.79 Å². The number of rotatable bonds is 6. The van der Waals surface area contributed by atoms with Gasteiger partial charge < -0.3 is 20.1 Å². The van der Waals surface area contributed by atoms with Crippen molar-refractivity contribution in [3.63, 3.8) is 0 Å². The predicted octanol–water partition coefficient (Wildman–Crippen LogP) is 5.03. The Morgan fingerprint density at radius 3 is 2.24 bits per heavy atom. The molecule has 0 radical (unpaired) electrons. The monoisotopic (exact) mass is 402 g/mol. The van der Waals surface area contributed by atoms with Crippen LogP contribution in [0.4, 0.5) is 10.5 Å². The van der Waals surface area contributed by atoms with Gasteiger partial charge in [0, 0.05) is 22.7 Å². The molecule has 0 fully saturated rings. The van der Waals surface area contributed by atoms with Crippen LogP contribution in [-0.2, 0) is 6.42 Å². The molecule has 5 nitrogen and oxygen atoms in total. The lowest BCUT2D eigenvalue weighted by molar-refractivity contribution is 0.252. The molecule has 0 aliphatic heterocycles. The normalized spacial score (nSPS) is 10.3. The fourth-order valence-corrected chi connectivity index (χ4v) is 3.02. The molecule has 134 valence electrons. The fourth-order valence-electron chi connectivity index (χ4n) is 2.20. The van der Waals surface area contributed by atoms with E-state index in [1.165, 1.54) is 14.2 Å². The lowest BCUT2D eigenvalue weighted by Gasteiger charge is -2.14. The third kappa shape index (κ3) is 5.08. The van der Waals surface area contributed by atoms with Gasteiger partial charge in [0.25, 0.3) is 0 Å². The van der Waals surface area contributed by atoms with E-state index in [-0.39, 0.29) is 0 Å². The standard InChI is InChI=1S/C17H17Cl3N2O3/c1-24-15-9-16(25-2)14(8-13(15)20)22-17(23)21-7-6-10-11(18)4-3-5-12(10)19/h3-5,8-9H,6-7H2,1-2H3,(H2,21,22,23). The van der Waals surface area contributed by atoms with E-state index in [1.807, 2.05) is 0 Å². The first-order valence-corrected chi connectivity index (χ1v) is 8.49. The summed E-state index contributed by atoms with van der Waals surface area (Å²) in [7, 11) is 2.99. The maximum Gasteiger partial charge on any atom is 0.319 e. The summed E-state index contributed by atoms with van der Waals surface area (Å²) in [5, 5.41) is 6.92. The van der Waals surface area contributed by atoms with Gasteiger partial charge in [0.1, 0.15) is 11.5 Å². The van der Waals surface area contributed by atoms with Gasteiger partial charge >= 0.3 is 6.03 Å². The van der Waals surface area contributed by atoms with Gasteiger partial charge in [0.2, 0.25) is 0 Å². The number of amides is 2. The van der Waals surface area contributed by atoms with E-state index in [9.17, 15) is 4.79 Å². The van der Waals surface area contributed by atoms with Crippen molar-refractivity contribution in [2.24, 2.45) is 0 Å². The third-order valence-corrected chi connectivity index (χ3v) is 4.45. The Kier molecular flexibility index (Phi) is 7.05. The number of halogens is 3. The summed E-state index contributed by atoms with van der Waals surface area (Å²) >= 11 is 18.3. The second-order valence-electron chi connectivity index (χ2n) is 5.02. The van der Waals surface area contributed by atoms with Crippen molar-refractivity contribution < 1.29 is 14.3 Å². The van der Waals surface area contributed by atoms with Crippen LogP contribution in [0.25, 0.3) is 0 Å². The smallest absolute Gasteiger partial charge is 0.319 e. The van der Waals surface area contributed by atoms with E-state index < -0.39 is 6.03 Å². The van der Waals surface area contributed by atoms with Crippen molar-refractivity contribution in [2.45, 2.75) is 6.42 Å². The van der Waals surface area contributed by atoms with Crippen LogP contribution in [0.3, 0.4) is 0 Å². The number of ether oxygens (including phenoxy) is 2. The number of anilines is 1. The number of methoxy groups -OCH3 is 2. The van der Waals surface area contributed by atoms with Gasteiger partial charge in [0.05, 0.1) is 24.9 Å². The van der Waals surface area contributed by atoms with Crippen LogP contribution in [0.1, 0.15) is 5.56 Å². The SMILES string of the molecule is COc1cc(OC)c(NC(=O)NCCc2c(Cl)cccc2Cl)cc1Cl. The van der Waals surface area contributed by atoms with Crippen LogP contribution in [0.5, 0.6) is 11.5 Å². The van der Waals surface area contributed by atoms with Gasteiger partial charge in [-0.1, -0.05) is 40.9 Å². The molecule has 25 heavy (non-hydrogen) atoms. The molecule has 0 aromatic heterocycles. The summed E-state index contributed by atoms with van der Waals surface area (Å²) in [6, 6.07) is 8.04. The molecule has 0 bridgehead atoms. The molecular weight excluding hydrogens is 387 g/mol. The first-order chi connectivity index (χ1) is 12.0. The van der Waals surface area contributed by atoms with Crippen LogP contribution in [0.15, 0.2) is 30.3 Å². The fraction of sp³-hybridized carbons (Fsp3) is 0.235. The molecule has 0 aliphatic rings. The number of benzene rings is 2. The van der Waals surface area contributed by atoms with E-state index in [0.29, 0.717) is 45.2 Å². The number of hydrogen-bond donors (Lipinski definition) is 2. The Labute approximate surface area is 161 Å². The zero-order valence-corrected chi connectivity index (χ0v) is 15.9. The molecule has 2 aromatic rings. The number of hydrogen-bond acceptors (Lipinski definition) is 3. The minimum Gasteiger partial charge on any atom is -0.495 e. The molecule has 2 amide bonds. The average molecular weight is 404 g/mol. The van der Waals surface area contributed by atoms with Gasteiger partial charge in [-0.05, 0) is 30.2 Å². The molecule has 0 saturated carbocycles. The van der Waals surface area contributed by atoms with Crippen molar-refractivity contribution >= 4 is 46.5 Å². The van der Waals surface area contributed by atoms with Crippen molar-refractivity contribution in [3.8, 4) is 11.5 Å². The second-order valence-corrected chi connectivity index (χ2v) is 6.24. The molecule has 8 heteroatoms. The third-order valence-electron chi connectivity index (χ3n) is 3.44. The summed E-state index contributed by atoms with van der Waals surface area (Å²) in [5.74, 6) is 0.892. The van der Waals surface area contributed by atoms with Crippen LogP contribution < -0.4 is 20.1 Å². The predicted molar refractivity (Wildman–Crippen MR) is 102 cm³/mol. The summed E-state index contributed by atoms with van der Waals surface area (Å²) in [6.45, 7) is 0.363. The number of urea groups is 1. The highest BCUT2D eigenvalue weighted by Crippen LogP contribution is 2.35. The quantitative estimate of drug-likeness (QED) is 0.711. The Hall–Kier alpha value is -1.82. The van der Waals surface area contributed by atoms with Crippen molar-refractivity contribution in [2.75, 3.05) is 26.1 Å². The van der Waals surface area contributed by atoms with Gasteiger partial charge in [-0.2, -0.15) is 0 Å². The molecule has 0 saturated heterocycles. The van der Waals surface area contributed by atoms with Crippen LogP contribution in [0, 0.1) is 0 Å². The van der Waals surface area contributed by atoms with Crippen molar-refractivity contribution in [1.29, 1.82) is 0 Å². The molecule has 2 N–H and O–H groups in total. The summed E-state index contributed by atoms with van der Waals surface area (Å²) in [5.41, 5.74) is 1.22. The molecule has 0 atom stereocenters. The van der Waals surface area contributed by atoms with Gasteiger partial charge in [-0.15, -0.1) is 0 Å². The first-order valence-electron chi connectivity index (χ1n) is 7.35. The van der Waals surface area contributed by atoms with Gasteiger partial charge in [-0.3, -0.25) is 0 Å². The molecule has 0 unspecified atom stereocenters. The highest BCUT2D eigenvalue weighted by atomic mass is 35.5. The van der Waals surface area contributed by atoms with Gasteiger partial charge in [0.15, 0.2) is 0 Å². The molecule has 0 heterocycles. The van der Waals surface area contributed by atoms with E-state index in [0.717, 1.165) is 5.56 Å². The number of carbonyl (C=O) groups is 1. The van der Waals surface area contributed by atoms with E-state index in [1.54, 1.807) is 30.3 Å².